The van der Waals surface area contributed by atoms with Crippen LogP contribution >= 0.6 is 47.0 Å². The number of benzene rings is 14. The second-order valence-electron chi connectivity index (χ2n) is 36.1. The molecule has 0 heterocycles. The maximum absolute atomic E-state index is 2.64. The van der Waals surface area contributed by atoms with Crippen molar-refractivity contribution in [3.8, 4) is 89.0 Å². The molecule has 14 aromatic rings. The van der Waals surface area contributed by atoms with Gasteiger partial charge in [-0.1, -0.05) is 308 Å². The molecule has 0 nitrogen and oxygen atoms in total. The van der Waals surface area contributed by atoms with Crippen molar-refractivity contribution in [1.29, 1.82) is 0 Å². The highest BCUT2D eigenvalue weighted by molar-refractivity contribution is 8.28. The molecule has 0 saturated carbocycles. The van der Waals surface area contributed by atoms with Crippen LogP contribution in [0.15, 0.2) is 261 Å². The zero-order chi connectivity index (χ0) is 85.5. The van der Waals surface area contributed by atoms with Crippen LogP contribution in [0.4, 0.5) is 0 Å². The summed E-state index contributed by atoms with van der Waals surface area (Å²) >= 11 is 7.87. The molecular weight excluding hydrogens is 1520 g/mol. The van der Waals surface area contributed by atoms with Gasteiger partial charge in [0.25, 0.3) is 0 Å². The van der Waals surface area contributed by atoms with E-state index >= 15 is 0 Å². The Morgan fingerprint density at radius 1 is 0.208 bits per heavy atom. The van der Waals surface area contributed by atoms with E-state index in [-0.39, 0.29) is 10.8 Å². The van der Waals surface area contributed by atoms with Gasteiger partial charge in [-0.25, -0.2) is 0 Å². The second kappa shape index (κ2) is 36.1. The molecule has 0 amide bonds. The Bertz CT molecular complexity index is 5160. The Morgan fingerprint density at radius 3 is 0.467 bits per heavy atom. The first-order chi connectivity index (χ1) is 57.3. The van der Waals surface area contributed by atoms with E-state index in [0.29, 0.717) is 25.7 Å². The zero-order valence-electron chi connectivity index (χ0n) is 75.6. The van der Waals surface area contributed by atoms with Gasteiger partial charge < -0.3 is 0 Å². The third kappa shape index (κ3) is 17.6. The van der Waals surface area contributed by atoms with Gasteiger partial charge in [0.15, 0.2) is 0 Å². The lowest BCUT2D eigenvalue weighted by Gasteiger charge is -2.28. The molecule has 0 atom stereocenters. The molecule has 0 saturated heterocycles. The first-order valence-electron chi connectivity index (χ1n) is 42.9. The third-order valence-electron chi connectivity index (χ3n) is 25.3. The summed E-state index contributed by atoms with van der Waals surface area (Å²) in [5.41, 5.74) is 54.3. The van der Waals surface area contributed by atoms with Crippen LogP contribution in [0.5, 0.6) is 0 Å². The third-order valence-corrected chi connectivity index (χ3v) is 30.7. The van der Waals surface area contributed by atoms with Crippen LogP contribution in [0, 0.1) is 111 Å². The molecule has 0 aliphatic carbocycles. The predicted molar refractivity (Wildman–Crippen MR) is 532 cm³/mol. The molecule has 0 aliphatic rings. The normalized spacial score (nSPS) is 12.1. The molecule has 0 aliphatic heterocycles. The Labute approximate surface area is 737 Å². The Morgan fingerprint density at radius 2 is 0.342 bits per heavy atom. The highest BCUT2D eigenvalue weighted by Gasteiger charge is 2.32. The van der Waals surface area contributed by atoms with E-state index in [1.54, 1.807) is 0 Å². The van der Waals surface area contributed by atoms with Crippen molar-refractivity contribution < 1.29 is 0 Å². The highest BCUT2D eigenvalue weighted by Crippen LogP contribution is 2.55. The largest absolute Gasteiger partial charge is 0.121 e. The summed E-state index contributed by atoms with van der Waals surface area (Å²) in [4.78, 5) is 2.63. The molecule has 120 heavy (non-hydrogen) atoms. The van der Waals surface area contributed by atoms with Gasteiger partial charge in [0, 0.05) is 9.79 Å². The fourth-order valence-electron chi connectivity index (χ4n) is 19.3. The molecule has 0 fully saturated rings. The summed E-state index contributed by atoms with van der Waals surface area (Å²) in [7, 11) is 0. The fraction of sp³-hybridized carbons (Fsp3) is 0.259. The first kappa shape index (κ1) is 86.6. The van der Waals surface area contributed by atoms with E-state index in [2.05, 4.69) is 407 Å². The van der Waals surface area contributed by atoms with Crippen molar-refractivity contribution in [3.63, 3.8) is 0 Å². The summed E-state index contributed by atoms with van der Waals surface area (Å²) in [6.45, 7) is 51.5. The van der Waals surface area contributed by atoms with E-state index in [9.17, 15) is 0 Å². The molecule has 0 spiro atoms. The van der Waals surface area contributed by atoms with Crippen LogP contribution in [0.25, 0.3) is 89.0 Å². The van der Waals surface area contributed by atoms with Crippen LogP contribution in [-0.2, 0) is 36.5 Å². The van der Waals surface area contributed by atoms with Crippen molar-refractivity contribution in [3.05, 3.63) is 396 Å². The number of thioether (sulfide) groups is 4. The maximum Gasteiger partial charge on any atom is 0.0651 e. The molecule has 608 valence electrons. The van der Waals surface area contributed by atoms with Gasteiger partial charge in [-0.05, 0) is 393 Å². The van der Waals surface area contributed by atoms with E-state index in [1.807, 2.05) is 47.0 Å². The van der Waals surface area contributed by atoms with Gasteiger partial charge in [-0.15, -0.1) is 23.5 Å². The van der Waals surface area contributed by atoms with E-state index in [4.69, 9.17) is 0 Å². The Balaban J connectivity index is 1.10. The monoisotopic (exact) mass is 1640 g/mol. The van der Waals surface area contributed by atoms with Gasteiger partial charge in [-0.2, -0.15) is 0 Å². The molecule has 0 aromatic heterocycles. The number of rotatable bonds is 22. The van der Waals surface area contributed by atoms with E-state index in [1.165, 1.54) is 252 Å². The Hall–Kier alpha value is -9.78. The first-order valence-corrected chi connectivity index (χ1v) is 46.9. The molecular formula is C116H120S4. The zero-order valence-corrected chi connectivity index (χ0v) is 78.8. The summed E-state index contributed by atoms with van der Waals surface area (Å²) in [5.74, 6) is 0. The lowest BCUT2D eigenvalue weighted by molar-refractivity contribution is 0.587. The van der Waals surface area contributed by atoms with Crippen LogP contribution < -0.4 is 0 Å². The molecule has 4 heteroatoms. The van der Waals surface area contributed by atoms with Crippen molar-refractivity contribution in [1.82, 2.24) is 0 Å². The topological polar surface area (TPSA) is 0 Å². The van der Waals surface area contributed by atoms with Crippen molar-refractivity contribution >= 4 is 47.0 Å². The van der Waals surface area contributed by atoms with Crippen molar-refractivity contribution in [2.45, 2.75) is 199 Å². The number of hydrogen-bond acceptors (Lipinski definition) is 4. The molecule has 0 bridgehead atoms. The van der Waals surface area contributed by atoms with Gasteiger partial charge in [0.1, 0.15) is 0 Å². The summed E-state index contributed by atoms with van der Waals surface area (Å²) < 4.78 is 2.57. The van der Waals surface area contributed by atoms with Gasteiger partial charge in [0.2, 0.25) is 0 Å². The van der Waals surface area contributed by atoms with Crippen LogP contribution in [0.1, 0.15) is 186 Å². The highest BCUT2D eigenvalue weighted by atomic mass is 32.2. The number of hydrogen-bond donors (Lipinski definition) is 0. The Kier molecular flexibility index (Phi) is 26.1. The quantitative estimate of drug-likeness (QED) is 0.0620. The van der Waals surface area contributed by atoms with Crippen LogP contribution in [-0.4, -0.2) is 12.5 Å². The molecule has 0 unspecified atom stereocenters. The molecule has 14 rings (SSSR count). The summed E-state index contributed by atoms with van der Waals surface area (Å²) in [5, 5.41) is 0. The predicted octanol–water partition coefficient (Wildman–Crippen LogP) is 33.7. The van der Waals surface area contributed by atoms with E-state index < -0.39 is 0 Å². The lowest BCUT2D eigenvalue weighted by Crippen LogP contribution is -2.14. The van der Waals surface area contributed by atoms with Gasteiger partial charge in [0.05, 0.1) is 8.47 Å². The molecule has 0 N–H and O–H groups in total. The van der Waals surface area contributed by atoms with Crippen LogP contribution in [0.3, 0.4) is 0 Å². The maximum atomic E-state index is 2.64. The minimum absolute atomic E-state index is 0.219. The molecule has 0 radical (unpaired) electrons. The second-order valence-corrected chi connectivity index (χ2v) is 40.3. The number of aryl methyl sites for hydroxylation is 16. The minimum atomic E-state index is -0.219. The lowest BCUT2D eigenvalue weighted by atomic mass is 9.79. The van der Waals surface area contributed by atoms with Crippen molar-refractivity contribution in [2.75, 3.05) is 12.5 Å². The summed E-state index contributed by atoms with van der Waals surface area (Å²) in [6, 6.07) is 94.1. The smallest absolute Gasteiger partial charge is 0.0651 e. The average molecular weight is 1640 g/mol. The SMILES string of the molecule is CS/C(Sc1c(Cc2c(-c3c(C)cccc3C)cccc2-c2c(C)cccc2C)cc(C(C)(C)C)cc1Cc1c(-c2c(C)cccc2C)cccc1-c1c(C)cccc1C)=C(\SC)Sc1c(Cc2c(-c3c(C)cccc3C)cccc2-c2c(C)cccc2C)cc(C(C)(C)C)cc1Cc1c(-c2c(C)cccc2C)cccc1-c1c(C)cccc1C. The fourth-order valence-corrected chi connectivity index (χ4v) is 23.9. The average Bonchev–Trinajstić information content (AvgIpc) is 0.751. The van der Waals surface area contributed by atoms with E-state index in [0.717, 1.165) is 0 Å². The van der Waals surface area contributed by atoms with Gasteiger partial charge >= 0.3 is 0 Å². The summed E-state index contributed by atoms with van der Waals surface area (Å²) in [6.07, 6.45) is 7.51. The minimum Gasteiger partial charge on any atom is -0.121 e. The van der Waals surface area contributed by atoms with Crippen LogP contribution in [0.2, 0.25) is 0 Å². The molecule has 14 aromatic carbocycles. The van der Waals surface area contributed by atoms with Crippen molar-refractivity contribution in [2.24, 2.45) is 0 Å². The standard InChI is InChI=1S/C116H120S4/c1-69-37-25-38-70(2)103(69)91-53-33-54-92(104-71(3)39-26-40-72(104)4)99(91)65-85-61-89(115(17,18)19)62-86(66-100-93(105-73(5)41-27-42-74(105)6)55-34-56-94(100)106-75(7)43-28-44-76(106)8)111(85)119-113(117-23)114(118-24)120-112-87(67-101-95(107-77(9)45-29-46-78(107)10)57-35-58-96(101)108-79(11)47-30-48-80(108)12)63-90(116(20,21)22)64-88(112)68-102-97(109-81(13)49-31-50-82(109)14)59-36-60-98(102)110-83(15)51-32-52-84(110)16/h25-64H,65-68H2,1-24H3/b114-113-. The van der Waals surface area contributed by atoms with Gasteiger partial charge in [-0.3, -0.25) is 0 Å².